The van der Waals surface area contributed by atoms with Gasteiger partial charge in [0.25, 0.3) is 0 Å². The highest BCUT2D eigenvalue weighted by Gasteiger charge is 2.17. The van der Waals surface area contributed by atoms with E-state index in [1.54, 1.807) is 0 Å². The summed E-state index contributed by atoms with van der Waals surface area (Å²) in [5, 5.41) is 7.28. The first-order chi connectivity index (χ1) is 28.7. The summed E-state index contributed by atoms with van der Waals surface area (Å²) in [6.45, 7) is 0. The van der Waals surface area contributed by atoms with Crippen LogP contribution in [0.5, 0.6) is 0 Å². The van der Waals surface area contributed by atoms with E-state index in [0.29, 0.717) is 0 Å². The van der Waals surface area contributed by atoms with Gasteiger partial charge in [-0.25, -0.2) is 0 Å². The van der Waals surface area contributed by atoms with Crippen molar-refractivity contribution in [2.45, 2.75) is 0 Å². The summed E-state index contributed by atoms with van der Waals surface area (Å²) in [5.41, 5.74) is 14.5. The van der Waals surface area contributed by atoms with Crippen LogP contribution in [-0.4, -0.2) is 0 Å². The van der Waals surface area contributed by atoms with Crippen LogP contribution in [0.25, 0.3) is 88.0 Å². The molecule has 0 aliphatic rings. The van der Waals surface area contributed by atoms with E-state index >= 15 is 0 Å². The Bertz CT molecular complexity index is 3270. The average molecular weight is 740 g/mol. The zero-order chi connectivity index (χ0) is 38.4. The summed E-state index contributed by atoms with van der Waals surface area (Å²) in [6, 6.07) is 80.8. The number of fused-ring (bicyclic) bond motifs is 5. The Balaban J connectivity index is 0.974. The zero-order valence-electron chi connectivity index (χ0n) is 31.7. The van der Waals surface area contributed by atoms with Crippen LogP contribution in [0.4, 0.5) is 17.1 Å². The normalized spacial score (nSPS) is 11.4. The summed E-state index contributed by atoms with van der Waals surface area (Å²) >= 11 is 0. The molecule has 11 aromatic rings. The van der Waals surface area contributed by atoms with Gasteiger partial charge in [-0.3, -0.25) is 0 Å². The van der Waals surface area contributed by atoms with Crippen molar-refractivity contribution in [3.8, 4) is 44.5 Å². The first kappa shape index (κ1) is 33.6. The molecule has 10 aromatic carbocycles. The fraction of sp³-hybridized carbons (Fsp3) is 0. The molecule has 0 aliphatic carbocycles. The maximum atomic E-state index is 6.24. The van der Waals surface area contributed by atoms with Crippen LogP contribution >= 0.6 is 0 Å². The van der Waals surface area contributed by atoms with E-state index in [-0.39, 0.29) is 0 Å². The molecule has 0 fully saturated rings. The lowest BCUT2D eigenvalue weighted by atomic mass is 9.97. The van der Waals surface area contributed by atoms with Gasteiger partial charge in [0, 0.05) is 27.8 Å². The molecule has 11 rings (SSSR count). The van der Waals surface area contributed by atoms with Crippen LogP contribution in [0, 0.1) is 0 Å². The minimum atomic E-state index is 0.901. The number of furan rings is 1. The molecule has 0 saturated heterocycles. The van der Waals surface area contributed by atoms with E-state index in [9.17, 15) is 0 Å². The molecule has 0 N–H and O–H groups in total. The molecular weight excluding hydrogens is 703 g/mol. The molecule has 2 nitrogen and oxygen atoms in total. The van der Waals surface area contributed by atoms with Gasteiger partial charge in [-0.2, -0.15) is 0 Å². The molecule has 0 spiro atoms. The Kier molecular flexibility index (Phi) is 8.19. The van der Waals surface area contributed by atoms with Crippen LogP contribution in [0.3, 0.4) is 0 Å². The van der Waals surface area contributed by atoms with E-state index in [4.69, 9.17) is 4.42 Å². The smallest absolute Gasteiger partial charge is 0.136 e. The van der Waals surface area contributed by atoms with Crippen molar-refractivity contribution >= 4 is 60.5 Å². The van der Waals surface area contributed by atoms with Gasteiger partial charge >= 0.3 is 0 Å². The van der Waals surface area contributed by atoms with E-state index in [1.807, 2.05) is 12.1 Å². The number of hydrogen-bond acceptors (Lipinski definition) is 2. The van der Waals surface area contributed by atoms with E-state index in [2.05, 4.69) is 217 Å². The number of anilines is 3. The van der Waals surface area contributed by atoms with Crippen LogP contribution in [0.15, 0.2) is 229 Å². The van der Waals surface area contributed by atoms with Gasteiger partial charge in [0.05, 0.1) is 0 Å². The van der Waals surface area contributed by atoms with Crippen LogP contribution < -0.4 is 4.90 Å². The van der Waals surface area contributed by atoms with E-state index in [0.717, 1.165) is 55.7 Å². The zero-order valence-corrected chi connectivity index (χ0v) is 31.7. The van der Waals surface area contributed by atoms with Crippen molar-refractivity contribution in [3.63, 3.8) is 0 Å². The molecule has 272 valence electrons. The summed E-state index contributed by atoms with van der Waals surface area (Å²) in [6.07, 6.45) is 0. The monoisotopic (exact) mass is 739 g/mol. The standard InChI is InChI=1S/C56H37NO/c1-3-11-44-35-47(25-23-38(44)9-1)41-21-19-40(20-22-41)46-13-7-14-51(37-46)57(49-31-27-42(28-32-49)48-26-24-39-10-2-4-12-45(39)36-48)50-33-29-43(30-34-50)52-16-8-18-55-56(52)53-15-5-6-17-54(53)58-55/h1-37H. The number of benzene rings is 10. The quantitative estimate of drug-likeness (QED) is 0.162. The van der Waals surface area contributed by atoms with Crippen LogP contribution in [0.2, 0.25) is 0 Å². The molecule has 1 heterocycles. The highest BCUT2D eigenvalue weighted by molar-refractivity contribution is 6.12. The van der Waals surface area contributed by atoms with E-state index < -0.39 is 0 Å². The molecule has 58 heavy (non-hydrogen) atoms. The summed E-state index contributed by atoms with van der Waals surface area (Å²) in [7, 11) is 0. The van der Waals surface area contributed by atoms with Gasteiger partial charge in [0.1, 0.15) is 11.2 Å². The third-order valence-corrected chi connectivity index (χ3v) is 11.5. The molecule has 0 amide bonds. The van der Waals surface area contributed by atoms with Crippen molar-refractivity contribution in [2.75, 3.05) is 4.90 Å². The summed E-state index contributed by atoms with van der Waals surface area (Å²) in [4.78, 5) is 2.36. The molecule has 2 heteroatoms. The minimum Gasteiger partial charge on any atom is -0.456 e. The molecule has 0 atom stereocenters. The first-order valence-electron chi connectivity index (χ1n) is 19.8. The van der Waals surface area contributed by atoms with E-state index in [1.165, 1.54) is 49.4 Å². The van der Waals surface area contributed by atoms with Crippen LogP contribution in [0.1, 0.15) is 0 Å². The first-order valence-corrected chi connectivity index (χ1v) is 19.8. The second-order valence-corrected chi connectivity index (χ2v) is 15.0. The van der Waals surface area contributed by atoms with Crippen LogP contribution in [-0.2, 0) is 0 Å². The maximum absolute atomic E-state index is 6.24. The summed E-state index contributed by atoms with van der Waals surface area (Å²) < 4.78 is 6.24. The second kappa shape index (κ2) is 14.1. The third kappa shape index (κ3) is 6.09. The molecule has 0 aliphatic heterocycles. The SMILES string of the molecule is c1cc(-c2ccc(-c3ccc4ccccc4c3)cc2)cc(N(c2ccc(-c3ccc4ccccc4c3)cc2)c2ccc(-c3cccc4oc5ccccc5c34)cc2)c1. The average Bonchev–Trinajstić information content (AvgIpc) is 3.69. The van der Waals surface area contributed by atoms with Gasteiger partial charge < -0.3 is 9.32 Å². The lowest BCUT2D eigenvalue weighted by Crippen LogP contribution is -2.10. The fourth-order valence-corrected chi connectivity index (χ4v) is 8.47. The Morgan fingerprint density at radius 1 is 0.276 bits per heavy atom. The molecule has 1 aromatic heterocycles. The Labute approximate surface area is 337 Å². The fourth-order valence-electron chi connectivity index (χ4n) is 8.47. The van der Waals surface area contributed by atoms with Crippen molar-refractivity contribution in [1.82, 2.24) is 0 Å². The number of nitrogens with zero attached hydrogens (tertiary/aromatic N) is 1. The number of rotatable bonds is 7. The highest BCUT2D eigenvalue weighted by Crippen LogP contribution is 2.41. The Hall–Kier alpha value is -7.68. The predicted molar refractivity (Wildman–Crippen MR) is 245 cm³/mol. The molecular formula is C56H37NO. The maximum Gasteiger partial charge on any atom is 0.136 e. The van der Waals surface area contributed by atoms with Crippen molar-refractivity contribution in [2.24, 2.45) is 0 Å². The van der Waals surface area contributed by atoms with Gasteiger partial charge in [0.2, 0.25) is 0 Å². The lowest BCUT2D eigenvalue weighted by molar-refractivity contribution is 0.669. The topological polar surface area (TPSA) is 16.4 Å². The Morgan fingerprint density at radius 3 is 1.36 bits per heavy atom. The minimum absolute atomic E-state index is 0.901. The van der Waals surface area contributed by atoms with Gasteiger partial charge in [-0.05, 0) is 127 Å². The molecule has 0 saturated carbocycles. The largest absolute Gasteiger partial charge is 0.456 e. The highest BCUT2D eigenvalue weighted by atomic mass is 16.3. The second-order valence-electron chi connectivity index (χ2n) is 15.0. The van der Waals surface area contributed by atoms with Gasteiger partial charge in [-0.15, -0.1) is 0 Å². The summed E-state index contributed by atoms with van der Waals surface area (Å²) in [5.74, 6) is 0. The van der Waals surface area contributed by atoms with Gasteiger partial charge in [0.15, 0.2) is 0 Å². The molecule has 0 bridgehead atoms. The van der Waals surface area contributed by atoms with Crippen molar-refractivity contribution in [3.05, 3.63) is 224 Å². The third-order valence-electron chi connectivity index (χ3n) is 11.5. The number of hydrogen-bond donors (Lipinski definition) is 0. The molecule has 0 unspecified atom stereocenters. The Morgan fingerprint density at radius 2 is 0.741 bits per heavy atom. The molecule has 0 radical (unpaired) electrons. The predicted octanol–water partition coefficient (Wildman–Crippen LogP) is 16.0. The van der Waals surface area contributed by atoms with Crippen molar-refractivity contribution in [1.29, 1.82) is 0 Å². The lowest BCUT2D eigenvalue weighted by Gasteiger charge is -2.26. The van der Waals surface area contributed by atoms with Crippen molar-refractivity contribution < 1.29 is 4.42 Å². The number of para-hydroxylation sites is 1. The van der Waals surface area contributed by atoms with Gasteiger partial charge in [-0.1, -0.05) is 164 Å².